The van der Waals surface area contributed by atoms with Gasteiger partial charge in [0, 0.05) is 25.6 Å². The van der Waals surface area contributed by atoms with E-state index in [-0.39, 0.29) is 5.91 Å². The van der Waals surface area contributed by atoms with Crippen molar-refractivity contribution in [1.82, 2.24) is 4.90 Å². The number of aryl methyl sites for hydroxylation is 1. The number of rotatable bonds is 4. The molecule has 0 saturated carbocycles. The molecule has 0 atom stereocenters. The highest BCUT2D eigenvalue weighted by atomic mass is 35.5. The van der Waals surface area contributed by atoms with Crippen LogP contribution in [0.2, 0.25) is 10.0 Å². The van der Waals surface area contributed by atoms with Crippen LogP contribution in [-0.2, 0) is 11.2 Å². The van der Waals surface area contributed by atoms with Gasteiger partial charge in [0.25, 0.3) is 0 Å². The first-order valence-corrected chi connectivity index (χ1v) is 6.56. The lowest BCUT2D eigenvalue weighted by Gasteiger charge is -2.15. The van der Waals surface area contributed by atoms with Crippen molar-refractivity contribution in [3.05, 3.63) is 33.8 Å². The summed E-state index contributed by atoms with van der Waals surface area (Å²) in [6, 6.07) is 6.60. The van der Waals surface area contributed by atoms with E-state index in [0.717, 1.165) is 37.9 Å². The second-order valence-corrected chi connectivity index (χ2v) is 5.02. The summed E-state index contributed by atoms with van der Waals surface area (Å²) in [5.74, 6) is 0.277. The summed E-state index contributed by atoms with van der Waals surface area (Å²) in [4.78, 5) is 13.3. The van der Waals surface area contributed by atoms with Crippen LogP contribution in [0.5, 0.6) is 0 Å². The van der Waals surface area contributed by atoms with Crippen LogP contribution < -0.4 is 0 Å². The minimum absolute atomic E-state index is 0.277. The van der Waals surface area contributed by atoms with Crippen molar-refractivity contribution >= 4 is 29.1 Å². The summed E-state index contributed by atoms with van der Waals surface area (Å²) >= 11 is 11.8. The van der Waals surface area contributed by atoms with Gasteiger partial charge in [-0.3, -0.25) is 4.79 Å². The van der Waals surface area contributed by atoms with Crippen LogP contribution in [0, 0.1) is 6.07 Å². The molecule has 1 aromatic rings. The average molecular weight is 271 g/mol. The molecule has 0 spiro atoms. The number of halogens is 2. The van der Waals surface area contributed by atoms with E-state index in [2.05, 4.69) is 6.07 Å². The van der Waals surface area contributed by atoms with Gasteiger partial charge in [0.15, 0.2) is 0 Å². The number of nitrogens with zero attached hydrogens (tertiary/aromatic N) is 1. The van der Waals surface area contributed by atoms with Crippen molar-refractivity contribution in [1.29, 1.82) is 0 Å². The molecule has 4 heteroatoms. The number of benzene rings is 1. The normalized spacial score (nSPS) is 15.6. The van der Waals surface area contributed by atoms with Gasteiger partial charge in [-0.1, -0.05) is 29.3 Å². The molecule has 1 aliphatic rings. The zero-order valence-corrected chi connectivity index (χ0v) is 11.0. The second-order valence-electron chi connectivity index (χ2n) is 4.23. The Hall–Kier alpha value is -0.730. The fraction of sp³-hybridized carbons (Fsp3) is 0.462. The van der Waals surface area contributed by atoms with Gasteiger partial charge in [-0.05, 0) is 30.9 Å². The lowest BCUT2D eigenvalue weighted by Crippen LogP contribution is -2.25. The van der Waals surface area contributed by atoms with E-state index in [1.54, 1.807) is 6.07 Å². The van der Waals surface area contributed by atoms with Gasteiger partial charge in [0.2, 0.25) is 5.91 Å². The summed E-state index contributed by atoms with van der Waals surface area (Å²) in [6.07, 6.45) is 3.49. The van der Waals surface area contributed by atoms with Gasteiger partial charge in [-0.25, -0.2) is 0 Å². The van der Waals surface area contributed by atoms with Gasteiger partial charge in [-0.2, -0.15) is 0 Å². The van der Waals surface area contributed by atoms with Crippen molar-refractivity contribution in [2.75, 3.05) is 13.1 Å². The van der Waals surface area contributed by atoms with Crippen molar-refractivity contribution in [3.63, 3.8) is 0 Å². The molecule has 91 valence electrons. The third kappa shape index (κ3) is 3.36. The SMILES string of the molecule is O=C1CCCN1CCCc1ccc(Cl)[c]c1Cl. The van der Waals surface area contributed by atoms with Gasteiger partial charge in [0.05, 0.1) is 10.0 Å². The summed E-state index contributed by atoms with van der Waals surface area (Å²) in [6.45, 7) is 1.72. The Bertz CT molecular complexity index is 420. The molecule has 0 aliphatic carbocycles. The quantitative estimate of drug-likeness (QED) is 0.822. The molecule has 1 radical (unpaired) electrons. The van der Waals surface area contributed by atoms with E-state index in [0.29, 0.717) is 16.5 Å². The summed E-state index contributed by atoms with van der Waals surface area (Å²) < 4.78 is 0. The average Bonchev–Trinajstić information content (AvgIpc) is 2.68. The fourth-order valence-electron chi connectivity index (χ4n) is 2.07. The summed E-state index contributed by atoms with van der Waals surface area (Å²) in [7, 11) is 0. The maximum Gasteiger partial charge on any atom is 0.222 e. The minimum atomic E-state index is 0.277. The maximum absolute atomic E-state index is 11.4. The molecule has 1 aliphatic heterocycles. The fourth-order valence-corrected chi connectivity index (χ4v) is 2.53. The number of hydrogen-bond acceptors (Lipinski definition) is 1. The monoisotopic (exact) mass is 270 g/mol. The van der Waals surface area contributed by atoms with Gasteiger partial charge < -0.3 is 4.90 Å². The molecule has 1 fully saturated rings. The molecule has 17 heavy (non-hydrogen) atoms. The highest BCUT2D eigenvalue weighted by Gasteiger charge is 2.19. The van der Waals surface area contributed by atoms with E-state index < -0.39 is 0 Å². The Morgan fingerprint density at radius 1 is 1.35 bits per heavy atom. The van der Waals surface area contributed by atoms with Crippen LogP contribution in [-0.4, -0.2) is 23.9 Å². The number of likely N-dealkylation sites (tertiary alicyclic amines) is 1. The zero-order chi connectivity index (χ0) is 12.3. The summed E-state index contributed by atoms with van der Waals surface area (Å²) in [5.41, 5.74) is 1.04. The Kier molecular flexibility index (Phi) is 4.30. The van der Waals surface area contributed by atoms with Crippen LogP contribution >= 0.6 is 23.2 Å². The molecule has 1 saturated heterocycles. The van der Waals surface area contributed by atoms with E-state index in [1.807, 2.05) is 11.0 Å². The van der Waals surface area contributed by atoms with Gasteiger partial charge in [0.1, 0.15) is 0 Å². The molecule has 0 bridgehead atoms. The van der Waals surface area contributed by atoms with Crippen molar-refractivity contribution < 1.29 is 4.79 Å². The van der Waals surface area contributed by atoms with E-state index in [9.17, 15) is 4.79 Å². The third-order valence-corrected chi connectivity index (χ3v) is 3.55. The molecule has 0 N–H and O–H groups in total. The predicted molar refractivity (Wildman–Crippen MR) is 69.4 cm³/mol. The van der Waals surface area contributed by atoms with Crippen LogP contribution in [0.3, 0.4) is 0 Å². The van der Waals surface area contributed by atoms with Gasteiger partial charge in [-0.15, -0.1) is 0 Å². The van der Waals surface area contributed by atoms with Crippen LogP contribution in [0.15, 0.2) is 12.1 Å². The molecule has 1 aromatic carbocycles. The molecule has 0 unspecified atom stereocenters. The van der Waals surface area contributed by atoms with Crippen LogP contribution in [0.4, 0.5) is 0 Å². The molecular weight excluding hydrogens is 257 g/mol. The highest BCUT2D eigenvalue weighted by Crippen LogP contribution is 2.21. The van der Waals surface area contributed by atoms with Crippen molar-refractivity contribution in [3.8, 4) is 0 Å². The standard InChI is InChI=1S/C13H14Cl2NO/c14-11-6-5-10(12(15)9-11)3-1-7-16-8-2-4-13(16)17/h5-6H,1-4,7-8H2. The Morgan fingerprint density at radius 2 is 2.18 bits per heavy atom. The Labute approximate surface area is 112 Å². The van der Waals surface area contributed by atoms with Crippen molar-refractivity contribution in [2.24, 2.45) is 0 Å². The molecule has 1 heterocycles. The van der Waals surface area contributed by atoms with E-state index in [4.69, 9.17) is 23.2 Å². The Balaban J connectivity index is 1.83. The first kappa shape index (κ1) is 12.7. The Morgan fingerprint density at radius 3 is 2.82 bits per heavy atom. The molecule has 2 nitrogen and oxygen atoms in total. The van der Waals surface area contributed by atoms with E-state index in [1.165, 1.54) is 0 Å². The topological polar surface area (TPSA) is 20.3 Å². The predicted octanol–water partition coefficient (Wildman–Crippen LogP) is 3.35. The zero-order valence-electron chi connectivity index (χ0n) is 9.51. The van der Waals surface area contributed by atoms with Crippen molar-refractivity contribution in [2.45, 2.75) is 25.7 Å². The molecule has 0 aromatic heterocycles. The maximum atomic E-state index is 11.4. The number of carbonyl (C=O) groups is 1. The minimum Gasteiger partial charge on any atom is -0.343 e. The van der Waals surface area contributed by atoms with Crippen LogP contribution in [0.1, 0.15) is 24.8 Å². The molecular formula is C13H14Cl2NO. The number of hydrogen-bond donors (Lipinski definition) is 0. The largest absolute Gasteiger partial charge is 0.343 e. The highest BCUT2D eigenvalue weighted by molar-refractivity contribution is 6.34. The smallest absolute Gasteiger partial charge is 0.222 e. The van der Waals surface area contributed by atoms with Crippen LogP contribution in [0.25, 0.3) is 0 Å². The molecule has 2 rings (SSSR count). The first-order valence-electron chi connectivity index (χ1n) is 5.81. The summed E-state index contributed by atoms with van der Waals surface area (Å²) in [5, 5.41) is 1.12. The first-order chi connectivity index (χ1) is 8.16. The third-order valence-electron chi connectivity index (χ3n) is 2.99. The second kappa shape index (κ2) is 5.74. The number of carbonyl (C=O) groups excluding carboxylic acids is 1. The number of amides is 1. The lowest BCUT2D eigenvalue weighted by molar-refractivity contribution is -0.127. The lowest BCUT2D eigenvalue weighted by atomic mass is 10.1. The van der Waals surface area contributed by atoms with E-state index >= 15 is 0 Å². The molecule has 1 amide bonds. The van der Waals surface area contributed by atoms with Gasteiger partial charge >= 0.3 is 0 Å².